The van der Waals surface area contributed by atoms with Crippen LogP contribution in [-0.4, -0.2) is 34.7 Å². The lowest BCUT2D eigenvalue weighted by molar-refractivity contribution is -0.387. The molecule has 2 rings (SSSR count). The van der Waals surface area contributed by atoms with Crippen LogP contribution in [-0.2, 0) is 14.3 Å². The number of rotatable bonds is 9. The van der Waals surface area contributed by atoms with Crippen molar-refractivity contribution in [2.45, 2.75) is 36.5 Å². The van der Waals surface area contributed by atoms with Gasteiger partial charge in [-0.1, -0.05) is 31.2 Å². The van der Waals surface area contributed by atoms with E-state index in [1.54, 1.807) is 24.3 Å². The van der Waals surface area contributed by atoms with Gasteiger partial charge in [0.15, 0.2) is 6.10 Å². The summed E-state index contributed by atoms with van der Waals surface area (Å²) < 4.78 is 10.0. The molecule has 0 aliphatic heterocycles. The molecule has 8 nitrogen and oxygen atoms in total. The molecule has 0 amide bonds. The quantitative estimate of drug-likeness (QED) is 0.215. The van der Waals surface area contributed by atoms with Crippen molar-refractivity contribution in [1.29, 1.82) is 0 Å². The minimum Gasteiger partial charge on any atom is -0.464 e. The number of esters is 2. The molecular formula is C20H21NO7S. The number of nitro benzene ring substituents is 1. The van der Waals surface area contributed by atoms with Gasteiger partial charge in [0.05, 0.1) is 21.7 Å². The first-order valence-corrected chi connectivity index (χ1v) is 9.74. The van der Waals surface area contributed by atoms with Crippen LogP contribution in [0.2, 0.25) is 0 Å². The molecule has 0 saturated carbocycles. The van der Waals surface area contributed by atoms with Crippen LogP contribution in [0.4, 0.5) is 5.69 Å². The Morgan fingerprint density at radius 1 is 1.17 bits per heavy atom. The predicted molar refractivity (Wildman–Crippen MR) is 107 cm³/mol. The van der Waals surface area contributed by atoms with E-state index in [0.717, 1.165) is 11.8 Å². The van der Waals surface area contributed by atoms with Gasteiger partial charge in [-0.05, 0) is 30.2 Å². The first kappa shape index (κ1) is 22.4. The van der Waals surface area contributed by atoms with Gasteiger partial charge >= 0.3 is 11.9 Å². The molecule has 2 aromatic carbocycles. The van der Waals surface area contributed by atoms with Gasteiger partial charge in [-0.15, -0.1) is 11.8 Å². The van der Waals surface area contributed by atoms with Crippen LogP contribution >= 0.6 is 11.8 Å². The summed E-state index contributed by atoms with van der Waals surface area (Å²) in [5.74, 6) is -0.988. The Hall–Kier alpha value is -2.91. The van der Waals surface area contributed by atoms with E-state index in [-0.39, 0.29) is 12.3 Å². The zero-order chi connectivity index (χ0) is 21.4. The van der Waals surface area contributed by atoms with E-state index in [4.69, 9.17) is 9.47 Å². The van der Waals surface area contributed by atoms with E-state index in [9.17, 15) is 24.8 Å². The van der Waals surface area contributed by atoms with Crippen molar-refractivity contribution in [2.24, 2.45) is 0 Å². The largest absolute Gasteiger partial charge is 0.464 e. The summed E-state index contributed by atoms with van der Waals surface area (Å²) in [6.07, 6.45) is -0.955. The Kier molecular flexibility index (Phi) is 8.17. The molecule has 0 heterocycles. The maximum Gasteiger partial charge on any atom is 0.336 e. The fourth-order valence-electron chi connectivity index (χ4n) is 2.46. The van der Waals surface area contributed by atoms with Crippen molar-refractivity contribution >= 4 is 29.4 Å². The highest BCUT2D eigenvalue weighted by atomic mass is 32.2. The van der Waals surface area contributed by atoms with Crippen molar-refractivity contribution in [2.75, 3.05) is 6.61 Å². The van der Waals surface area contributed by atoms with Crippen LogP contribution in [0.3, 0.4) is 0 Å². The minimum atomic E-state index is -1.55. The predicted octanol–water partition coefficient (Wildman–Crippen LogP) is 3.67. The molecule has 2 aromatic rings. The topological polar surface area (TPSA) is 116 Å². The number of hydrogen-bond donors (Lipinski definition) is 1. The standard InChI is InChI=1S/C20H21NO7S/c1-3-12-27-20(24)18(23)19(14-8-10-15(11-9-14)28-13(2)22)29-17-7-5-4-6-16(17)21(25)26/h4-11,18-19,23H,3,12H2,1-2H3/t18-,19+/m1/s1. The third-order valence-corrected chi connectivity index (χ3v) is 5.15. The van der Waals surface area contributed by atoms with Crippen LogP contribution in [0, 0.1) is 10.1 Å². The van der Waals surface area contributed by atoms with Gasteiger partial charge in [-0.2, -0.15) is 0 Å². The van der Waals surface area contributed by atoms with Gasteiger partial charge in [0, 0.05) is 13.0 Å². The lowest BCUT2D eigenvalue weighted by Crippen LogP contribution is -2.28. The second-order valence-corrected chi connectivity index (χ2v) is 7.22. The van der Waals surface area contributed by atoms with Gasteiger partial charge in [0.2, 0.25) is 0 Å². The van der Waals surface area contributed by atoms with Gasteiger partial charge in [-0.3, -0.25) is 14.9 Å². The highest BCUT2D eigenvalue weighted by molar-refractivity contribution is 7.99. The number of hydrogen-bond acceptors (Lipinski definition) is 8. The molecule has 154 valence electrons. The molecule has 0 fully saturated rings. The zero-order valence-corrected chi connectivity index (χ0v) is 16.8. The molecule has 0 aliphatic carbocycles. The molecule has 0 aromatic heterocycles. The molecule has 0 bridgehead atoms. The Morgan fingerprint density at radius 2 is 1.83 bits per heavy atom. The van der Waals surface area contributed by atoms with Crippen LogP contribution in [0.15, 0.2) is 53.4 Å². The average Bonchev–Trinajstić information content (AvgIpc) is 2.70. The maximum absolute atomic E-state index is 12.2. The number of nitrogens with zero attached hydrogens (tertiary/aromatic N) is 1. The number of benzene rings is 2. The van der Waals surface area contributed by atoms with Crippen molar-refractivity contribution in [3.63, 3.8) is 0 Å². The monoisotopic (exact) mass is 419 g/mol. The Morgan fingerprint density at radius 3 is 2.41 bits per heavy atom. The fourth-order valence-corrected chi connectivity index (χ4v) is 3.69. The number of aliphatic hydroxyl groups excluding tert-OH is 1. The summed E-state index contributed by atoms with van der Waals surface area (Å²) in [4.78, 5) is 34.4. The van der Waals surface area contributed by atoms with Crippen molar-refractivity contribution in [1.82, 2.24) is 0 Å². The number of carbonyl (C=O) groups excluding carboxylic acids is 2. The zero-order valence-electron chi connectivity index (χ0n) is 15.9. The van der Waals surface area contributed by atoms with Crippen molar-refractivity contribution in [3.05, 3.63) is 64.2 Å². The Bertz CT molecular complexity index is 869. The van der Waals surface area contributed by atoms with Gasteiger partial charge in [0.1, 0.15) is 5.75 Å². The van der Waals surface area contributed by atoms with Crippen LogP contribution in [0.1, 0.15) is 31.1 Å². The van der Waals surface area contributed by atoms with E-state index in [1.807, 2.05) is 6.92 Å². The number of aliphatic hydroxyl groups is 1. The highest BCUT2D eigenvalue weighted by Crippen LogP contribution is 2.42. The molecule has 0 saturated heterocycles. The molecule has 1 N–H and O–H groups in total. The van der Waals surface area contributed by atoms with Crippen LogP contribution < -0.4 is 4.74 Å². The lowest BCUT2D eigenvalue weighted by atomic mass is 10.1. The second kappa shape index (κ2) is 10.6. The maximum atomic E-state index is 12.2. The Balaban J connectivity index is 2.37. The third kappa shape index (κ3) is 6.30. The molecule has 9 heteroatoms. The summed E-state index contributed by atoms with van der Waals surface area (Å²) in [7, 11) is 0. The van der Waals surface area contributed by atoms with Crippen molar-refractivity contribution in [3.8, 4) is 5.75 Å². The summed E-state index contributed by atoms with van der Waals surface area (Å²) in [5, 5.41) is 21.1. The SMILES string of the molecule is CCCOC(=O)[C@H](O)[C@@H](Sc1ccccc1[N+](=O)[O-])c1ccc(OC(C)=O)cc1. The van der Waals surface area contributed by atoms with Crippen LogP contribution in [0.5, 0.6) is 5.75 Å². The number of para-hydroxylation sites is 1. The van der Waals surface area contributed by atoms with E-state index < -0.39 is 28.2 Å². The molecular weight excluding hydrogens is 398 g/mol. The smallest absolute Gasteiger partial charge is 0.336 e. The van der Waals surface area contributed by atoms with Crippen molar-refractivity contribution < 1.29 is 29.1 Å². The third-order valence-electron chi connectivity index (χ3n) is 3.76. The first-order chi connectivity index (χ1) is 13.8. The second-order valence-electron chi connectivity index (χ2n) is 6.04. The van der Waals surface area contributed by atoms with Gasteiger partial charge in [0.25, 0.3) is 5.69 Å². The minimum absolute atomic E-state index is 0.131. The summed E-state index contributed by atoms with van der Waals surface area (Å²) in [5.41, 5.74) is 0.387. The number of ether oxygens (including phenoxy) is 2. The highest BCUT2D eigenvalue weighted by Gasteiger charge is 2.32. The first-order valence-electron chi connectivity index (χ1n) is 8.86. The summed E-state index contributed by atoms with van der Waals surface area (Å²) in [6, 6.07) is 12.3. The van der Waals surface area contributed by atoms with Gasteiger partial charge < -0.3 is 14.6 Å². The number of thioether (sulfide) groups is 1. The van der Waals surface area contributed by atoms with E-state index in [2.05, 4.69) is 0 Å². The molecule has 0 spiro atoms. The van der Waals surface area contributed by atoms with E-state index >= 15 is 0 Å². The summed E-state index contributed by atoms with van der Waals surface area (Å²) >= 11 is 0.986. The fraction of sp³-hybridized carbons (Fsp3) is 0.300. The number of carbonyl (C=O) groups is 2. The summed E-state index contributed by atoms with van der Waals surface area (Å²) in [6.45, 7) is 3.26. The molecule has 0 aliphatic rings. The Labute approximate surface area is 172 Å². The average molecular weight is 419 g/mol. The van der Waals surface area contributed by atoms with Crippen LogP contribution in [0.25, 0.3) is 0 Å². The normalized spacial score (nSPS) is 12.7. The van der Waals surface area contributed by atoms with Gasteiger partial charge in [-0.25, -0.2) is 4.79 Å². The molecule has 2 atom stereocenters. The molecule has 0 radical (unpaired) electrons. The van der Waals surface area contributed by atoms with E-state index in [1.165, 1.54) is 31.2 Å². The van der Waals surface area contributed by atoms with E-state index in [0.29, 0.717) is 22.6 Å². The lowest BCUT2D eigenvalue weighted by Gasteiger charge is -2.22. The molecule has 0 unspecified atom stereocenters. The molecule has 29 heavy (non-hydrogen) atoms. The number of nitro groups is 1.